The number of hydrogen-bond donors (Lipinski definition) is 1. The lowest BCUT2D eigenvalue weighted by Gasteiger charge is -2.44. The summed E-state index contributed by atoms with van der Waals surface area (Å²) in [4.78, 5) is 2.54. The third-order valence-electron chi connectivity index (χ3n) is 4.48. The van der Waals surface area contributed by atoms with Crippen molar-refractivity contribution < 1.29 is 9.47 Å². The third kappa shape index (κ3) is 5.03. The summed E-state index contributed by atoms with van der Waals surface area (Å²) in [5.74, 6) is 0.681. The molecule has 0 aromatic heterocycles. The van der Waals surface area contributed by atoms with Gasteiger partial charge in [-0.1, -0.05) is 13.8 Å². The molecule has 4 nitrogen and oxygen atoms in total. The van der Waals surface area contributed by atoms with Crippen molar-refractivity contribution in [3.8, 4) is 0 Å². The van der Waals surface area contributed by atoms with E-state index in [1.165, 1.54) is 12.8 Å². The summed E-state index contributed by atoms with van der Waals surface area (Å²) < 4.78 is 10.7. The Morgan fingerprint density at radius 2 is 2.05 bits per heavy atom. The second-order valence-corrected chi connectivity index (χ2v) is 5.76. The molecule has 0 saturated carbocycles. The molecule has 0 aromatic carbocycles. The van der Waals surface area contributed by atoms with Gasteiger partial charge in [0, 0.05) is 39.4 Å². The average molecular weight is 272 g/mol. The highest BCUT2D eigenvalue weighted by Gasteiger charge is 2.32. The van der Waals surface area contributed by atoms with E-state index >= 15 is 0 Å². The summed E-state index contributed by atoms with van der Waals surface area (Å²) in [6, 6.07) is 1.26. The van der Waals surface area contributed by atoms with Crippen molar-refractivity contribution in [3.63, 3.8) is 0 Å². The Kier molecular flexibility index (Phi) is 7.91. The van der Waals surface area contributed by atoms with Crippen LogP contribution in [0.2, 0.25) is 0 Å². The fraction of sp³-hybridized carbons (Fsp3) is 1.00. The van der Waals surface area contributed by atoms with Gasteiger partial charge in [-0.2, -0.15) is 0 Å². The summed E-state index contributed by atoms with van der Waals surface area (Å²) in [6.45, 7) is 10.8. The van der Waals surface area contributed by atoms with Crippen LogP contribution in [0.15, 0.2) is 0 Å². The first kappa shape index (κ1) is 16.9. The largest absolute Gasteiger partial charge is 0.382 e. The summed E-state index contributed by atoms with van der Waals surface area (Å²) in [6.07, 6.45) is 2.62. The van der Waals surface area contributed by atoms with Crippen LogP contribution < -0.4 is 5.32 Å². The minimum Gasteiger partial charge on any atom is -0.382 e. The molecule has 4 unspecified atom stereocenters. The Hall–Kier alpha value is -0.160. The van der Waals surface area contributed by atoms with Crippen LogP contribution in [0.5, 0.6) is 0 Å². The number of nitrogens with one attached hydrogen (secondary N) is 1. The maximum absolute atomic E-state index is 5.49. The Morgan fingerprint density at radius 1 is 1.32 bits per heavy atom. The zero-order valence-corrected chi connectivity index (χ0v) is 13.3. The smallest absolute Gasteiger partial charge is 0.0931 e. The highest BCUT2D eigenvalue weighted by atomic mass is 16.5. The van der Waals surface area contributed by atoms with Gasteiger partial charge in [0.1, 0.15) is 0 Å². The van der Waals surface area contributed by atoms with Crippen LogP contribution in [0.4, 0.5) is 0 Å². The van der Waals surface area contributed by atoms with E-state index in [4.69, 9.17) is 9.47 Å². The summed E-state index contributed by atoms with van der Waals surface area (Å²) in [5, 5.41) is 3.68. The first-order chi connectivity index (χ1) is 9.13. The van der Waals surface area contributed by atoms with Gasteiger partial charge in [-0.3, -0.25) is 4.90 Å². The minimum atomic E-state index is 0.180. The van der Waals surface area contributed by atoms with Crippen LogP contribution in [0, 0.1) is 5.92 Å². The van der Waals surface area contributed by atoms with E-state index < -0.39 is 0 Å². The van der Waals surface area contributed by atoms with Gasteiger partial charge in [-0.25, -0.2) is 0 Å². The van der Waals surface area contributed by atoms with Crippen LogP contribution in [0.25, 0.3) is 0 Å². The van der Waals surface area contributed by atoms with Crippen LogP contribution >= 0.6 is 0 Å². The topological polar surface area (TPSA) is 33.7 Å². The molecule has 1 saturated heterocycles. The molecule has 19 heavy (non-hydrogen) atoms. The molecule has 1 N–H and O–H groups in total. The number of methoxy groups -OCH3 is 2. The molecule has 0 radical (unpaired) electrons. The van der Waals surface area contributed by atoms with Crippen molar-refractivity contribution >= 4 is 0 Å². The zero-order chi connectivity index (χ0) is 14.3. The Balaban J connectivity index is 2.46. The molecule has 1 fully saturated rings. The second kappa shape index (κ2) is 8.90. The molecular formula is C15H32N2O2. The predicted octanol–water partition coefficient (Wildman–Crippen LogP) is 1.75. The van der Waals surface area contributed by atoms with Gasteiger partial charge in [0.25, 0.3) is 0 Å². The van der Waals surface area contributed by atoms with Crippen molar-refractivity contribution in [1.29, 1.82) is 0 Å². The Bertz CT molecular complexity index is 238. The first-order valence-electron chi connectivity index (χ1n) is 7.63. The molecule has 0 bridgehead atoms. The van der Waals surface area contributed by atoms with Gasteiger partial charge in [0.15, 0.2) is 0 Å². The number of nitrogens with zero attached hydrogens (tertiary/aromatic N) is 1. The number of hydrogen-bond acceptors (Lipinski definition) is 4. The molecular weight excluding hydrogens is 240 g/mol. The lowest BCUT2D eigenvalue weighted by atomic mass is 9.86. The quantitative estimate of drug-likeness (QED) is 0.730. The van der Waals surface area contributed by atoms with Crippen molar-refractivity contribution in [3.05, 3.63) is 0 Å². The normalized spacial score (nSPS) is 30.5. The molecule has 1 rings (SSSR count). The number of rotatable bonds is 8. The van der Waals surface area contributed by atoms with Crippen molar-refractivity contribution in [2.24, 2.45) is 5.92 Å². The van der Waals surface area contributed by atoms with Crippen molar-refractivity contribution in [1.82, 2.24) is 10.2 Å². The maximum Gasteiger partial charge on any atom is 0.0931 e. The highest BCUT2D eigenvalue weighted by molar-refractivity contribution is 4.89. The van der Waals surface area contributed by atoms with E-state index in [0.29, 0.717) is 24.6 Å². The summed E-state index contributed by atoms with van der Waals surface area (Å²) in [5.41, 5.74) is 0. The number of piperidine rings is 1. The van der Waals surface area contributed by atoms with E-state index in [1.54, 1.807) is 14.2 Å². The van der Waals surface area contributed by atoms with Gasteiger partial charge in [0.2, 0.25) is 0 Å². The predicted molar refractivity (Wildman–Crippen MR) is 79.6 cm³/mol. The van der Waals surface area contributed by atoms with Gasteiger partial charge in [-0.05, 0) is 32.2 Å². The first-order valence-corrected chi connectivity index (χ1v) is 7.63. The Morgan fingerprint density at radius 3 is 2.63 bits per heavy atom. The molecule has 0 amide bonds. The fourth-order valence-corrected chi connectivity index (χ4v) is 2.96. The van der Waals surface area contributed by atoms with Gasteiger partial charge in [0.05, 0.1) is 12.7 Å². The summed E-state index contributed by atoms with van der Waals surface area (Å²) in [7, 11) is 3.51. The lowest BCUT2D eigenvalue weighted by molar-refractivity contribution is -0.0185. The third-order valence-corrected chi connectivity index (χ3v) is 4.48. The van der Waals surface area contributed by atoms with Gasteiger partial charge >= 0.3 is 0 Å². The molecule has 0 aromatic rings. The number of ether oxygens (including phenoxy) is 2. The van der Waals surface area contributed by atoms with Crippen LogP contribution in [0.3, 0.4) is 0 Å². The van der Waals surface area contributed by atoms with E-state index in [0.717, 1.165) is 19.6 Å². The fourth-order valence-electron chi connectivity index (χ4n) is 2.96. The SMILES string of the molecule is CCCNC1CCN(CC(COC)OC)C(C)C1C. The molecule has 1 heterocycles. The number of likely N-dealkylation sites (tertiary alicyclic amines) is 1. The molecule has 0 spiro atoms. The van der Waals surface area contributed by atoms with Crippen molar-refractivity contribution in [2.75, 3.05) is 40.5 Å². The standard InChI is InChI=1S/C15H32N2O2/c1-6-8-16-15-7-9-17(13(3)12(15)2)10-14(19-5)11-18-4/h12-16H,6-11H2,1-5H3. The molecule has 114 valence electrons. The molecule has 4 heteroatoms. The van der Waals surface area contributed by atoms with Crippen LogP contribution in [-0.4, -0.2) is 63.5 Å². The molecule has 0 aliphatic carbocycles. The van der Waals surface area contributed by atoms with E-state index in [1.807, 2.05) is 0 Å². The van der Waals surface area contributed by atoms with Crippen LogP contribution in [-0.2, 0) is 9.47 Å². The maximum atomic E-state index is 5.49. The van der Waals surface area contributed by atoms with E-state index in [9.17, 15) is 0 Å². The monoisotopic (exact) mass is 272 g/mol. The summed E-state index contributed by atoms with van der Waals surface area (Å²) >= 11 is 0. The van der Waals surface area contributed by atoms with E-state index in [-0.39, 0.29) is 6.10 Å². The van der Waals surface area contributed by atoms with Gasteiger partial charge in [-0.15, -0.1) is 0 Å². The second-order valence-electron chi connectivity index (χ2n) is 5.76. The van der Waals surface area contributed by atoms with Crippen LogP contribution in [0.1, 0.15) is 33.6 Å². The van der Waals surface area contributed by atoms with Gasteiger partial charge < -0.3 is 14.8 Å². The molecule has 1 aliphatic heterocycles. The minimum absolute atomic E-state index is 0.180. The zero-order valence-electron chi connectivity index (χ0n) is 13.3. The highest BCUT2D eigenvalue weighted by Crippen LogP contribution is 2.24. The van der Waals surface area contributed by atoms with E-state index in [2.05, 4.69) is 31.0 Å². The lowest BCUT2D eigenvalue weighted by Crippen LogP contribution is -2.55. The van der Waals surface area contributed by atoms with Crippen molar-refractivity contribution in [2.45, 2.75) is 51.8 Å². The Labute approximate surface area is 118 Å². The molecule has 4 atom stereocenters. The average Bonchev–Trinajstić information content (AvgIpc) is 2.42. The molecule has 1 aliphatic rings.